The molecule has 1 N–H and O–H groups in total. The smallest absolute Gasteiger partial charge is 0.303 e. The molecule has 0 fully saturated rings. The van der Waals surface area contributed by atoms with E-state index in [1.165, 1.54) is 0 Å². The van der Waals surface area contributed by atoms with Gasteiger partial charge in [0.25, 0.3) is 0 Å². The number of benzene rings is 1. The van der Waals surface area contributed by atoms with Crippen molar-refractivity contribution in [3.63, 3.8) is 0 Å². The lowest BCUT2D eigenvalue weighted by Gasteiger charge is -2.08. The monoisotopic (exact) mass is 261 g/mol. The van der Waals surface area contributed by atoms with Crippen LogP contribution in [0.25, 0.3) is 5.69 Å². The van der Waals surface area contributed by atoms with Crippen molar-refractivity contribution in [2.45, 2.75) is 19.8 Å². The van der Waals surface area contributed by atoms with Gasteiger partial charge in [-0.15, -0.1) is 5.10 Å². The second-order valence-corrected chi connectivity index (χ2v) is 4.10. The maximum absolute atomic E-state index is 10.6. The van der Waals surface area contributed by atoms with E-state index < -0.39 is 5.97 Å². The lowest BCUT2D eigenvalue weighted by atomic mass is 10.2. The predicted molar refractivity (Wildman–Crippen MR) is 68.6 cm³/mol. The second kappa shape index (κ2) is 5.51. The van der Waals surface area contributed by atoms with Gasteiger partial charge in [0, 0.05) is 6.42 Å². The molecular weight excluding hydrogens is 246 g/mol. The van der Waals surface area contributed by atoms with Gasteiger partial charge in [0.05, 0.1) is 24.9 Å². The van der Waals surface area contributed by atoms with Gasteiger partial charge in [0.2, 0.25) is 0 Å². The molecule has 2 aromatic rings. The number of para-hydroxylation sites is 2. The highest BCUT2D eigenvalue weighted by Gasteiger charge is 2.13. The quantitative estimate of drug-likeness (QED) is 0.884. The van der Waals surface area contributed by atoms with Crippen LogP contribution in [-0.4, -0.2) is 33.2 Å². The van der Waals surface area contributed by atoms with Crippen molar-refractivity contribution in [3.8, 4) is 11.4 Å². The molecule has 0 radical (unpaired) electrons. The summed E-state index contributed by atoms with van der Waals surface area (Å²) >= 11 is 0. The Bertz CT molecular complexity index is 593. The molecule has 0 amide bonds. The fourth-order valence-electron chi connectivity index (χ4n) is 1.85. The van der Waals surface area contributed by atoms with Gasteiger partial charge in [0.15, 0.2) is 0 Å². The van der Waals surface area contributed by atoms with Crippen molar-refractivity contribution in [1.29, 1.82) is 0 Å². The number of nitrogens with zero attached hydrogens (tertiary/aromatic N) is 3. The van der Waals surface area contributed by atoms with E-state index in [-0.39, 0.29) is 6.42 Å². The SMILES string of the molecule is COc1ccccc1-n1nnc(CCC(=O)O)c1C. The highest BCUT2D eigenvalue weighted by molar-refractivity contribution is 5.67. The summed E-state index contributed by atoms with van der Waals surface area (Å²) < 4.78 is 6.94. The van der Waals surface area contributed by atoms with Crippen LogP contribution >= 0.6 is 0 Å². The first-order chi connectivity index (χ1) is 9.13. The van der Waals surface area contributed by atoms with Crippen LogP contribution in [-0.2, 0) is 11.2 Å². The van der Waals surface area contributed by atoms with Crippen LogP contribution in [0.15, 0.2) is 24.3 Å². The first-order valence-electron chi connectivity index (χ1n) is 5.90. The van der Waals surface area contributed by atoms with E-state index in [0.717, 1.165) is 11.4 Å². The van der Waals surface area contributed by atoms with Crippen molar-refractivity contribution in [3.05, 3.63) is 35.7 Å². The summed E-state index contributed by atoms with van der Waals surface area (Å²) in [6.45, 7) is 1.86. The molecule has 1 heterocycles. The van der Waals surface area contributed by atoms with Crippen molar-refractivity contribution in [2.24, 2.45) is 0 Å². The van der Waals surface area contributed by atoms with E-state index in [2.05, 4.69) is 10.3 Å². The van der Waals surface area contributed by atoms with Crippen molar-refractivity contribution >= 4 is 5.97 Å². The molecule has 0 saturated carbocycles. The molecule has 0 saturated heterocycles. The minimum absolute atomic E-state index is 0.0471. The number of carboxylic acids is 1. The Kier molecular flexibility index (Phi) is 3.79. The van der Waals surface area contributed by atoms with Crippen LogP contribution in [0.1, 0.15) is 17.8 Å². The van der Waals surface area contributed by atoms with E-state index >= 15 is 0 Å². The number of carbonyl (C=O) groups is 1. The normalized spacial score (nSPS) is 10.4. The van der Waals surface area contributed by atoms with Gasteiger partial charge in [0.1, 0.15) is 11.4 Å². The molecule has 0 atom stereocenters. The molecular formula is C13H15N3O3. The van der Waals surface area contributed by atoms with Crippen LogP contribution in [0.2, 0.25) is 0 Å². The van der Waals surface area contributed by atoms with Gasteiger partial charge in [-0.05, 0) is 19.1 Å². The Labute approximate surface area is 110 Å². The Hall–Kier alpha value is -2.37. The summed E-state index contributed by atoms with van der Waals surface area (Å²) in [4.78, 5) is 10.6. The maximum atomic E-state index is 10.6. The molecule has 0 spiro atoms. The summed E-state index contributed by atoms with van der Waals surface area (Å²) in [5.74, 6) is -0.147. The van der Waals surface area contributed by atoms with E-state index in [9.17, 15) is 4.79 Å². The number of ether oxygens (including phenoxy) is 1. The molecule has 6 nitrogen and oxygen atoms in total. The molecule has 0 unspecified atom stereocenters. The van der Waals surface area contributed by atoms with Crippen LogP contribution in [0.4, 0.5) is 0 Å². The standard InChI is InChI=1S/C13H15N3O3/c1-9-10(7-8-13(17)18)14-15-16(9)11-5-3-4-6-12(11)19-2/h3-6H,7-8H2,1-2H3,(H,17,18). The van der Waals surface area contributed by atoms with Gasteiger partial charge < -0.3 is 9.84 Å². The first kappa shape index (κ1) is 13.1. The third-order valence-electron chi connectivity index (χ3n) is 2.88. The molecule has 1 aromatic heterocycles. The number of aliphatic carboxylic acids is 1. The summed E-state index contributed by atoms with van der Waals surface area (Å²) in [6, 6.07) is 7.48. The zero-order chi connectivity index (χ0) is 13.8. The summed E-state index contributed by atoms with van der Waals surface area (Å²) in [6.07, 6.45) is 0.418. The highest BCUT2D eigenvalue weighted by atomic mass is 16.5. The average Bonchev–Trinajstić information content (AvgIpc) is 2.77. The van der Waals surface area contributed by atoms with Crippen LogP contribution < -0.4 is 4.74 Å². The van der Waals surface area contributed by atoms with Crippen LogP contribution in [0.3, 0.4) is 0 Å². The number of rotatable bonds is 5. The Morgan fingerprint density at radius 3 is 2.84 bits per heavy atom. The molecule has 0 aliphatic carbocycles. The first-order valence-corrected chi connectivity index (χ1v) is 5.90. The summed E-state index contributed by atoms with van der Waals surface area (Å²) in [5.41, 5.74) is 2.30. The van der Waals surface area contributed by atoms with E-state index in [1.54, 1.807) is 11.8 Å². The van der Waals surface area contributed by atoms with Gasteiger partial charge >= 0.3 is 5.97 Å². The molecule has 0 aliphatic rings. The highest BCUT2D eigenvalue weighted by Crippen LogP contribution is 2.23. The molecule has 0 aliphatic heterocycles. The molecule has 19 heavy (non-hydrogen) atoms. The lowest BCUT2D eigenvalue weighted by Crippen LogP contribution is -2.03. The van der Waals surface area contributed by atoms with Gasteiger partial charge in [-0.2, -0.15) is 0 Å². The topological polar surface area (TPSA) is 77.2 Å². The molecule has 2 rings (SSSR count). The van der Waals surface area contributed by atoms with Crippen LogP contribution in [0, 0.1) is 6.92 Å². The summed E-state index contributed by atoms with van der Waals surface area (Å²) in [7, 11) is 1.59. The van der Waals surface area contributed by atoms with Crippen molar-refractivity contribution in [1.82, 2.24) is 15.0 Å². The third kappa shape index (κ3) is 2.73. The minimum Gasteiger partial charge on any atom is -0.494 e. The average molecular weight is 261 g/mol. The van der Waals surface area contributed by atoms with Gasteiger partial charge in [-0.1, -0.05) is 17.3 Å². The Balaban J connectivity index is 2.33. The van der Waals surface area contributed by atoms with E-state index in [1.807, 2.05) is 31.2 Å². The second-order valence-electron chi connectivity index (χ2n) is 4.10. The zero-order valence-corrected chi connectivity index (χ0v) is 10.8. The third-order valence-corrected chi connectivity index (χ3v) is 2.88. The van der Waals surface area contributed by atoms with E-state index in [0.29, 0.717) is 17.9 Å². The Morgan fingerprint density at radius 2 is 2.16 bits per heavy atom. The number of aryl methyl sites for hydroxylation is 1. The predicted octanol–water partition coefficient (Wildman–Crippen LogP) is 1.60. The summed E-state index contributed by atoms with van der Waals surface area (Å²) in [5, 5.41) is 16.8. The molecule has 0 bridgehead atoms. The molecule has 6 heteroatoms. The number of hydrogen-bond acceptors (Lipinski definition) is 4. The van der Waals surface area contributed by atoms with Crippen molar-refractivity contribution in [2.75, 3.05) is 7.11 Å². The van der Waals surface area contributed by atoms with Gasteiger partial charge in [-0.3, -0.25) is 4.79 Å². The fourth-order valence-corrected chi connectivity index (χ4v) is 1.85. The largest absolute Gasteiger partial charge is 0.494 e. The minimum atomic E-state index is -0.841. The Morgan fingerprint density at radius 1 is 1.42 bits per heavy atom. The lowest BCUT2D eigenvalue weighted by molar-refractivity contribution is -0.136. The fraction of sp³-hybridized carbons (Fsp3) is 0.308. The number of methoxy groups -OCH3 is 1. The number of aromatic nitrogens is 3. The van der Waals surface area contributed by atoms with E-state index in [4.69, 9.17) is 9.84 Å². The number of hydrogen-bond donors (Lipinski definition) is 1. The van der Waals surface area contributed by atoms with Crippen molar-refractivity contribution < 1.29 is 14.6 Å². The maximum Gasteiger partial charge on any atom is 0.303 e. The van der Waals surface area contributed by atoms with Crippen LogP contribution in [0.5, 0.6) is 5.75 Å². The molecule has 1 aromatic carbocycles. The zero-order valence-electron chi connectivity index (χ0n) is 10.8. The molecule has 100 valence electrons. The number of carboxylic acid groups (broad SMARTS) is 1. The van der Waals surface area contributed by atoms with Gasteiger partial charge in [-0.25, -0.2) is 4.68 Å².